The molecule has 0 amide bonds. The fourth-order valence-electron chi connectivity index (χ4n) is 1.89. The van der Waals surface area contributed by atoms with E-state index in [9.17, 15) is 0 Å². The predicted molar refractivity (Wildman–Crippen MR) is 69.8 cm³/mol. The first kappa shape index (κ1) is 14.2. The second kappa shape index (κ2) is 8.23. The smallest absolute Gasteiger partial charge is 0.0716 e. The molecule has 3 nitrogen and oxygen atoms in total. The van der Waals surface area contributed by atoms with Crippen molar-refractivity contribution in [2.45, 2.75) is 39.0 Å². The summed E-state index contributed by atoms with van der Waals surface area (Å²) < 4.78 is 5.18. The normalized spacial score (nSPS) is 12.6. The Hall–Kier alpha value is -0.900. The Kier molecular flexibility index (Phi) is 6.86. The maximum Gasteiger partial charge on any atom is 0.0716 e. The average Bonchev–Trinajstić information content (AvgIpc) is 2.36. The summed E-state index contributed by atoms with van der Waals surface area (Å²) in [6.45, 7) is 3.85. The van der Waals surface area contributed by atoms with Crippen molar-refractivity contribution in [2.24, 2.45) is 0 Å². The van der Waals surface area contributed by atoms with E-state index in [1.54, 1.807) is 7.11 Å². The summed E-state index contributed by atoms with van der Waals surface area (Å²) >= 11 is 0. The molecule has 0 aromatic heterocycles. The molecule has 0 heterocycles. The summed E-state index contributed by atoms with van der Waals surface area (Å²) in [5, 5.41) is 12.4. The zero-order valence-corrected chi connectivity index (χ0v) is 10.8. The Bertz CT molecular complexity index is 315. The highest BCUT2D eigenvalue weighted by molar-refractivity contribution is 5.26. The maximum absolute atomic E-state index is 8.94. The molecule has 1 unspecified atom stereocenters. The number of benzene rings is 1. The van der Waals surface area contributed by atoms with Crippen molar-refractivity contribution in [1.29, 1.82) is 0 Å². The molecule has 0 bridgehead atoms. The van der Waals surface area contributed by atoms with Gasteiger partial charge in [0.2, 0.25) is 0 Å². The first-order chi connectivity index (χ1) is 8.31. The van der Waals surface area contributed by atoms with Crippen molar-refractivity contribution in [3.8, 4) is 0 Å². The van der Waals surface area contributed by atoms with Crippen LogP contribution in [0.1, 0.15) is 30.9 Å². The van der Waals surface area contributed by atoms with E-state index < -0.39 is 0 Å². The van der Waals surface area contributed by atoms with Crippen molar-refractivity contribution < 1.29 is 9.84 Å². The summed E-state index contributed by atoms with van der Waals surface area (Å²) in [7, 11) is 1.71. The van der Waals surface area contributed by atoms with Crippen LogP contribution < -0.4 is 5.32 Å². The minimum absolute atomic E-state index is 0.241. The van der Waals surface area contributed by atoms with E-state index in [0.29, 0.717) is 12.6 Å². The third kappa shape index (κ3) is 4.86. The van der Waals surface area contributed by atoms with Gasteiger partial charge in [0, 0.05) is 26.3 Å². The van der Waals surface area contributed by atoms with Crippen LogP contribution in [-0.2, 0) is 17.9 Å². The van der Waals surface area contributed by atoms with Crippen LogP contribution in [0.4, 0.5) is 0 Å². The standard InChI is InChI=1S/C14H23NO2/c1-3-14(8-9-16)15-10-12-6-4-5-7-13(12)11-17-2/h4-7,14-16H,3,8-11H2,1-2H3. The van der Waals surface area contributed by atoms with Crippen LogP contribution in [0.2, 0.25) is 0 Å². The Morgan fingerprint density at radius 1 is 1.29 bits per heavy atom. The molecular weight excluding hydrogens is 214 g/mol. The van der Waals surface area contributed by atoms with Crippen LogP contribution in [-0.4, -0.2) is 24.9 Å². The van der Waals surface area contributed by atoms with E-state index in [1.165, 1.54) is 11.1 Å². The van der Waals surface area contributed by atoms with Crippen LogP contribution >= 0.6 is 0 Å². The SMILES string of the molecule is CCC(CCO)NCc1ccccc1COC. The molecule has 17 heavy (non-hydrogen) atoms. The van der Waals surface area contributed by atoms with E-state index in [0.717, 1.165) is 19.4 Å². The molecule has 1 aromatic rings. The van der Waals surface area contributed by atoms with Gasteiger partial charge in [-0.05, 0) is 24.0 Å². The lowest BCUT2D eigenvalue weighted by atomic mass is 10.1. The first-order valence-corrected chi connectivity index (χ1v) is 6.21. The Morgan fingerprint density at radius 3 is 2.59 bits per heavy atom. The molecular formula is C14H23NO2. The van der Waals surface area contributed by atoms with Gasteiger partial charge in [0.05, 0.1) is 6.61 Å². The van der Waals surface area contributed by atoms with Gasteiger partial charge in [-0.2, -0.15) is 0 Å². The van der Waals surface area contributed by atoms with Gasteiger partial charge < -0.3 is 15.2 Å². The van der Waals surface area contributed by atoms with Crippen molar-refractivity contribution in [1.82, 2.24) is 5.32 Å². The molecule has 0 saturated carbocycles. The van der Waals surface area contributed by atoms with E-state index in [1.807, 2.05) is 12.1 Å². The second-order valence-corrected chi connectivity index (χ2v) is 4.20. The number of hydrogen-bond donors (Lipinski definition) is 2. The van der Waals surface area contributed by atoms with Crippen LogP contribution in [0, 0.1) is 0 Å². The minimum atomic E-state index is 0.241. The minimum Gasteiger partial charge on any atom is -0.396 e. The summed E-state index contributed by atoms with van der Waals surface area (Å²) in [6, 6.07) is 8.67. The highest BCUT2D eigenvalue weighted by atomic mass is 16.5. The Labute approximate surface area is 104 Å². The second-order valence-electron chi connectivity index (χ2n) is 4.20. The van der Waals surface area contributed by atoms with E-state index >= 15 is 0 Å². The molecule has 96 valence electrons. The molecule has 0 saturated heterocycles. The zero-order valence-electron chi connectivity index (χ0n) is 10.8. The molecule has 0 fully saturated rings. The van der Waals surface area contributed by atoms with Crippen LogP contribution in [0.25, 0.3) is 0 Å². The topological polar surface area (TPSA) is 41.5 Å². The first-order valence-electron chi connectivity index (χ1n) is 6.21. The number of hydrogen-bond acceptors (Lipinski definition) is 3. The molecule has 0 aliphatic heterocycles. The fourth-order valence-corrected chi connectivity index (χ4v) is 1.89. The molecule has 1 aromatic carbocycles. The maximum atomic E-state index is 8.94. The van der Waals surface area contributed by atoms with E-state index in [2.05, 4.69) is 24.4 Å². The van der Waals surface area contributed by atoms with Crippen molar-refractivity contribution in [2.75, 3.05) is 13.7 Å². The number of nitrogens with one attached hydrogen (secondary N) is 1. The van der Waals surface area contributed by atoms with Gasteiger partial charge in [-0.3, -0.25) is 0 Å². The number of rotatable bonds is 8. The summed E-state index contributed by atoms with van der Waals surface area (Å²) in [5.74, 6) is 0. The van der Waals surface area contributed by atoms with Gasteiger partial charge in [-0.15, -0.1) is 0 Å². The quantitative estimate of drug-likeness (QED) is 0.727. The molecule has 0 aliphatic rings. The van der Waals surface area contributed by atoms with Gasteiger partial charge in [-0.1, -0.05) is 31.2 Å². The van der Waals surface area contributed by atoms with Gasteiger partial charge in [-0.25, -0.2) is 0 Å². The molecule has 3 heteroatoms. The summed E-state index contributed by atoms with van der Waals surface area (Å²) in [4.78, 5) is 0. The van der Waals surface area contributed by atoms with Crippen LogP contribution in [0.5, 0.6) is 0 Å². The number of ether oxygens (including phenoxy) is 1. The number of aliphatic hydroxyl groups excluding tert-OH is 1. The zero-order chi connectivity index (χ0) is 12.5. The molecule has 1 rings (SSSR count). The van der Waals surface area contributed by atoms with Gasteiger partial charge >= 0.3 is 0 Å². The molecule has 0 spiro atoms. The van der Waals surface area contributed by atoms with E-state index in [4.69, 9.17) is 9.84 Å². The molecule has 0 aliphatic carbocycles. The molecule has 0 radical (unpaired) electrons. The Balaban J connectivity index is 2.55. The average molecular weight is 237 g/mol. The van der Waals surface area contributed by atoms with Gasteiger partial charge in [0.1, 0.15) is 0 Å². The fraction of sp³-hybridized carbons (Fsp3) is 0.571. The van der Waals surface area contributed by atoms with Crippen LogP contribution in [0.3, 0.4) is 0 Å². The predicted octanol–water partition coefficient (Wildman–Crippen LogP) is 2.08. The Morgan fingerprint density at radius 2 is 2.00 bits per heavy atom. The highest BCUT2D eigenvalue weighted by Crippen LogP contribution is 2.10. The third-order valence-electron chi connectivity index (χ3n) is 2.97. The number of methoxy groups -OCH3 is 1. The van der Waals surface area contributed by atoms with Crippen LogP contribution in [0.15, 0.2) is 24.3 Å². The summed E-state index contributed by atoms with van der Waals surface area (Å²) in [5.41, 5.74) is 2.49. The van der Waals surface area contributed by atoms with E-state index in [-0.39, 0.29) is 6.61 Å². The summed E-state index contributed by atoms with van der Waals surface area (Å²) in [6.07, 6.45) is 1.84. The molecule has 1 atom stereocenters. The molecule has 2 N–H and O–H groups in total. The highest BCUT2D eigenvalue weighted by Gasteiger charge is 2.06. The van der Waals surface area contributed by atoms with Crippen molar-refractivity contribution in [3.05, 3.63) is 35.4 Å². The van der Waals surface area contributed by atoms with Crippen molar-refractivity contribution >= 4 is 0 Å². The monoisotopic (exact) mass is 237 g/mol. The lowest BCUT2D eigenvalue weighted by Gasteiger charge is -2.17. The largest absolute Gasteiger partial charge is 0.396 e. The van der Waals surface area contributed by atoms with Gasteiger partial charge in [0.15, 0.2) is 0 Å². The third-order valence-corrected chi connectivity index (χ3v) is 2.97. The van der Waals surface area contributed by atoms with Gasteiger partial charge in [0.25, 0.3) is 0 Å². The van der Waals surface area contributed by atoms with Crippen molar-refractivity contribution in [3.63, 3.8) is 0 Å². The lowest BCUT2D eigenvalue weighted by Crippen LogP contribution is -2.29. The lowest BCUT2D eigenvalue weighted by molar-refractivity contribution is 0.184. The number of aliphatic hydroxyl groups is 1.